The molecule has 0 bridgehead atoms. The van der Waals surface area contributed by atoms with Crippen molar-refractivity contribution in [1.29, 1.82) is 0 Å². The third-order valence-electron chi connectivity index (χ3n) is 4.36. The van der Waals surface area contributed by atoms with E-state index < -0.39 is 0 Å². The molecule has 0 unspecified atom stereocenters. The largest absolute Gasteiger partial charge is 0.379 e. The summed E-state index contributed by atoms with van der Waals surface area (Å²) in [7, 11) is 0. The zero-order valence-corrected chi connectivity index (χ0v) is 12.6. The molecule has 3 heterocycles. The smallest absolute Gasteiger partial charge is 0.220 e. The van der Waals surface area contributed by atoms with Gasteiger partial charge < -0.3 is 9.64 Å². The number of hydrogen-bond acceptors (Lipinski definition) is 4. The van der Waals surface area contributed by atoms with Crippen molar-refractivity contribution in [1.82, 2.24) is 14.8 Å². The lowest BCUT2D eigenvalue weighted by atomic mass is 10.1. The van der Waals surface area contributed by atoms with Crippen molar-refractivity contribution in [3.63, 3.8) is 0 Å². The molecule has 5 nitrogen and oxygen atoms in total. The predicted octanol–water partition coefficient (Wildman–Crippen LogP) is 1.60. The second-order valence-electron chi connectivity index (χ2n) is 5.85. The minimum Gasteiger partial charge on any atom is -0.379 e. The molecule has 0 aromatic carbocycles. The van der Waals surface area contributed by atoms with E-state index >= 15 is 0 Å². The Kier molecular flexibility index (Phi) is 4.51. The highest BCUT2D eigenvalue weighted by atomic mass is 16.5. The molecule has 1 amide bonds. The van der Waals surface area contributed by atoms with Crippen LogP contribution in [0, 0.1) is 0 Å². The molecule has 0 spiro atoms. The topological polar surface area (TPSA) is 45.7 Å². The Balaban J connectivity index is 1.64. The van der Waals surface area contributed by atoms with Crippen LogP contribution in [0.1, 0.15) is 37.1 Å². The molecular formula is C16H23N3O2. The van der Waals surface area contributed by atoms with Gasteiger partial charge in [-0.2, -0.15) is 0 Å². The van der Waals surface area contributed by atoms with Gasteiger partial charge in [-0.1, -0.05) is 6.07 Å². The zero-order valence-electron chi connectivity index (χ0n) is 12.6. The number of hydrogen-bond donors (Lipinski definition) is 0. The average Bonchev–Trinajstić information content (AvgIpc) is 2.99. The molecule has 0 N–H and O–H groups in total. The number of morpholine rings is 1. The molecule has 5 heteroatoms. The van der Waals surface area contributed by atoms with Crippen LogP contribution in [0.5, 0.6) is 0 Å². The van der Waals surface area contributed by atoms with Gasteiger partial charge >= 0.3 is 0 Å². The van der Waals surface area contributed by atoms with Crippen molar-refractivity contribution in [2.45, 2.75) is 32.4 Å². The van der Waals surface area contributed by atoms with Gasteiger partial charge in [0.15, 0.2) is 0 Å². The number of carbonyl (C=O) groups is 1. The van der Waals surface area contributed by atoms with Crippen LogP contribution in [0.3, 0.4) is 0 Å². The summed E-state index contributed by atoms with van der Waals surface area (Å²) < 4.78 is 5.36. The van der Waals surface area contributed by atoms with Crippen LogP contribution < -0.4 is 0 Å². The number of ether oxygens (including phenoxy) is 1. The number of rotatable bonds is 3. The fraction of sp³-hybridized carbons (Fsp3) is 0.625. The van der Waals surface area contributed by atoms with Crippen molar-refractivity contribution in [3.8, 4) is 0 Å². The second-order valence-corrected chi connectivity index (χ2v) is 5.85. The summed E-state index contributed by atoms with van der Waals surface area (Å²) in [5.41, 5.74) is 2.25. The van der Waals surface area contributed by atoms with Crippen molar-refractivity contribution in [2.24, 2.45) is 0 Å². The molecule has 1 atom stereocenters. The highest BCUT2D eigenvalue weighted by Gasteiger charge is 2.28. The summed E-state index contributed by atoms with van der Waals surface area (Å²) in [6.45, 7) is 7.05. The van der Waals surface area contributed by atoms with Gasteiger partial charge in [0.05, 0.1) is 24.9 Å². The molecular weight excluding hydrogens is 266 g/mol. The molecule has 2 aliphatic rings. The first-order valence-corrected chi connectivity index (χ1v) is 7.76. The van der Waals surface area contributed by atoms with E-state index in [-0.39, 0.29) is 11.9 Å². The minimum atomic E-state index is 0.150. The minimum absolute atomic E-state index is 0.150. The van der Waals surface area contributed by atoms with Crippen molar-refractivity contribution < 1.29 is 9.53 Å². The van der Waals surface area contributed by atoms with E-state index in [0.717, 1.165) is 57.9 Å². The lowest BCUT2D eigenvalue weighted by Crippen LogP contribution is -2.35. The van der Waals surface area contributed by atoms with Gasteiger partial charge in [-0.15, -0.1) is 0 Å². The number of carbonyl (C=O) groups excluding carboxylic acids is 1. The molecule has 114 valence electrons. The van der Waals surface area contributed by atoms with Gasteiger partial charge in [0.1, 0.15) is 0 Å². The molecule has 2 aliphatic heterocycles. The zero-order chi connectivity index (χ0) is 14.7. The van der Waals surface area contributed by atoms with Crippen molar-refractivity contribution in [3.05, 3.63) is 29.6 Å². The Hall–Kier alpha value is -1.46. The Morgan fingerprint density at radius 1 is 1.33 bits per heavy atom. The van der Waals surface area contributed by atoms with Crippen LogP contribution in [0.2, 0.25) is 0 Å². The third-order valence-corrected chi connectivity index (χ3v) is 4.36. The summed E-state index contributed by atoms with van der Waals surface area (Å²) in [5.74, 6) is 0.150. The molecule has 1 aromatic heterocycles. The average molecular weight is 289 g/mol. The lowest BCUT2D eigenvalue weighted by Gasteiger charge is -2.27. The maximum absolute atomic E-state index is 11.6. The summed E-state index contributed by atoms with van der Waals surface area (Å²) in [6, 6.07) is 4.40. The maximum Gasteiger partial charge on any atom is 0.220 e. The van der Waals surface area contributed by atoms with Gasteiger partial charge in [-0.3, -0.25) is 14.7 Å². The van der Waals surface area contributed by atoms with Crippen LogP contribution in [0.15, 0.2) is 18.3 Å². The highest BCUT2D eigenvalue weighted by molar-refractivity contribution is 5.74. The summed E-state index contributed by atoms with van der Waals surface area (Å²) >= 11 is 0. The normalized spacial score (nSPS) is 23.5. The standard InChI is InChI=1S/C16H23N3O2/c1-13(20)19-6-2-3-16(19)15-5-4-14(11-17-15)12-18-7-9-21-10-8-18/h4-5,11,16H,2-3,6-10,12H2,1H3/t16-/m1/s1. The predicted molar refractivity (Wildman–Crippen MR) is 79.7 cm³/mol. The first-order chi connectivity index (χ1) is 10.2. The number of likely N-dealkylation sites (tertiary alicyclic amines) is 1. The van der Waals surface area contributed by atoms with Crippen LogP contribution >= 0.6 is 0 Å². The van der Waals surface area contributed by atoms with Crippen molar-refractivity contribution >= 4 is 5.91 Å². The van der Waals surface area contributed by atoms with Crippen molar-refractivity contribution in [2.75, 3.05) is 32.8 Å². The Morgan fingerprint density at radius 2 is 2.14 bits per heavy atom. The van der Waals surface area contributed by atoms with Crippen LogP contribution in [0.25, 0.3) is 0 Å². The lowest BCUT2D eigenvalue weighted by molar-refractivity contribution is -0.129. The maximum atomic E-state index is 11.6. The van der Waals surface area contributed by atoms with E-state index in [0.29, 0.717) is 0 Å². The van der Waals surface area contributed by atoms with E-state index in [1.165, 1.54) is 5.56 Å². The first kappa shape index (κ1) is 14.5. The van der Waals surface area contributed by atoms with E-state index in [4.69, 9.17) is 4.74 Å². The number of aromatic nitrogens is 1. The van der Waals surface area contributed by atoms with Gasteiger partial charge in [-0.25, -0.2) is 0 Å². The second kappa shape index (κ2) is 6.54. The summed E-state index contributed by atoms with van der Waals surface area (Å²) in [4.78, 5) is 20.6. The summed E-state index contributed by atoms with van der Waals surface area (Å²) in [5, 5.41) is 0. The quantitative estimate of drug-likeness (QED) is 0.848. The highest BCUT2D eigenvalue weighted by Crippen LogP contribution is 2.30. The SMILES string of the molecule is CC(=O)N1CCC[C@@H]1c1ccc(CN2CCOCC2)cn1. The van der Waals surface area contributed by atoms with E-state index in [2.05, 4.69) is 22.0 Å². The number of pyridine rings is 1. The number of nitrogens with zero attached hydrogens (tertiary/aromatic N) is 3. The molecule has 21 heavy (non-hydrogen) atoms. The fourth-order valence-corrected chi connectivity index (χ4v) is 3.20. The van der Waals surface area contributed by atoms with Gasteiger partial charge in [0.2, 0.25) is 5.91 Å². The third kappa shape index (κ3) is 3.41. The van der Waals surface area contributed by atoms with E-state index in [1.807, 2.05) is 11.1 Å². The van der Waals surface area contributed by atoms with Crippen LogP contribution in [-0.2, 0) is 16.1 Å². The van der Waals surface area contributed by atoms with Gasteiger partial charge in [-0.05, 0) is 24.5 Å². The molecule has 3 rings (SSSR count). The van der Waals surface area contributed by atoms with E-state index in [9.17, 15) is 4.79 Å². The molecule has 2 fully saturated rings. The Labute approximate surface area is 125 Å². The van der Waals surface area contributed by atoms with Crippen LogP contribution in [0.4, 0.5) is 0 Å². The first-order valence-electron chi connectivity index (χ1n) is 7.76. The van der Waals surface area contributed by atoms with Crippen LogP contribution in [-0.4, -0.2) is 53.5 Å². The Morgan fingerprint density at radius 3 is 2.81 bits per heavy atom. The Bertz CT molecular complexity index is 483. The molecule has 2 saturated heterocycles. The monoisotopic (exact) mass is 289 g/mol. The molecule has 0 saturated carbocycles. The molecule has 0 aliphatic carbocycles. The van der Waals surface area contributed by atoms with E-state index in [1.54, 1.807) is 6.92 Å². The summed E-state index contributed by atoms with van der Waals surface area (Å²) in [6.07, 6.45) is 4.05. The van der Waals surface area contributed by atoms with Gasteiger partial charge in [0.25, 0.3) is 0 Å². The molecule has 0 radical (unpaired) electrons. The van der Waals surface area contributed by atoms with Gasteiger partial charge in [0, 0.05) is 39.3 Å². The fourth-order valence-electron chi connectivity index (χ4n) is 3.20. The molecule has 1 aromatic rings. The number of amides is 1.